The molecule has 2 aromatic rings. The highest BCUT2D eigenvalue weighted by Crippen LogP contribution is 2.25. The highest BCUT2D eigenvalue weighted by atomic mass is 32.2. The van der Waals surface area contributed by atoms with Crippen molar-refractivity contribution in [1.29, 1.82) is 0 Å². The van der Waals surface area contributed by atoms with Crippen molar-refractivity contribution in [3.05, 3.63) is 52.0 Å². The van der Waals surface area contributed by atoms with Gasteiger partial charge in [-0.3, -0.25) is 28.8 Å². The molecule has 2 heterocycles. The molecule has 1 aliphatic heterocycles. The summed E-state index contributed by atoms with van der Waals surface area (Å²) < 4.78 is 0. The number of nitrogens with one attached hydrogen (secondary N) is 5. The van der Waals surface area contributed by atoms with Gasteiger partial charge in [-0.25, -0.2) is 4.98 Å². The molecule has 0 radical (unpaired) electrons. The van der Waals surface area contributed by atoms with Crippen LogP contribution in [0.3, 0.4) is 0 Å². The van der Waals surface area contributed by atoms with Crippen molar-refractivity contribution in [3.63, 3.8) is 0 Å². The molecule has 14 nitrogen and oxygen atoms in total. The number of carbonyl (C=O) groups is 6. The number of nitrogens with zero attached hydrogens (tertiary/aromatic N) is 2. The summed E-state index contributed by atoms with van der Waals surface area (Å²) in [4.78, 5) is 86.3. The average molecular weight is 731 g/mol. The summed E-state index contributed by atoms with van der Waals surface area (Å²) in [7, 11) is 0. The third-order valence-corrected chi connectivity index (χ3v) is 9.76. The second-order valence-electron chi connectivity index (χ2n) is 12.6. The number of hydrogen-bond donors (Lipinski definition) is 6. The second kappa shape index (κ2) is 20.0. The molecule has 0 aliphatic carbocycles. The summed E-state index contributed by atoms with van der Waals surface area (Å²) in [5, 5.41) is 16.1. The lowest BCUT2D eigenvalue weighted by molar-refractivity contribution is -0.137. The summed E-state index contributed by atoms with van der Waals surface area (Å²) in [6.45, 7) is 6.78. The third-order valence-electron chi connectivity index (χ3n) is 8.19. The van der Waals surface area contributed by atoms with E-state index in [1.54, 1.807) is 12.3 Å². The van der Waals surface area contributed by atoms with Gasteiger partial charge < -0.3 is 37.2 Å². The van der Waals surface area contributed by atoms with E-state index in [1.807, 2.05) is 50.4 Å². The summed E-state index contributed by atoms with van der Waals surface area (Å²) in [5.74, 6) is -2.56. The van der Waals surface area contributed by atoms with E-state index in [0.29, 0.717) is 23.6 Å². The Bertz CT molecular complexity index is 1470. The number of rotatable bonds is 9. The number of hydrogen-bond acceptors (Lipinski definition) is 10. The lowest BCUT2D eigenvalue weighted by Crippen LogP contribution is -2.58. The van der Waals surface area contributed by atoms with Crippen molar-refractivity contribution in [1.82, 2.24) is 36.5 Å². The maximum absolute atomic E-state index is 13.9. The van der Waals surface area contributed by atoms with Gasteiger partial charge in [0.25, 0.3) is 5.91 Å². The molecule has 0 spiro atoms. The number of aromatic nitrogens is 1. The molecule has 0 saturated carbocycles. The molecule has 274 valence electrons. The Hall–Kier alpha value is -4.02. The van der Waals surface area contributed by atoms with E-state index in [9.17, 15) is 28.8 Å². The first kappa shape index (κ1) is 40.4. The van der Waals surface area contributed by atoms with Gasteiger partial charge in [0.2, 0.25) is 29.5 Å². The van der Waals surface area contributed by atoms with E-state index in [4.69, 9.17) is 5.73 Å². The van der Waals surface area contributed by atoms with Gasteiger partial charge in [0.15, 0.2) is 0 Å². The molecule has 6 amide bonds. The van der Waals surface area contributed by atoms with Gasteiger partial charge in [-0.1, -0.05) is 51.1 Å². The largest absolute Gasteiger partial charge is 0.349 e. The number of nitrogens with two attached hydrogens (primary N) is 1. The lowest BCUT2D eigenvalue weighted by Gasteiger charge is -2.30. The Morgan fingerprint density at radius 1 is 1.00 bits per heavy atom. The van der Waals surface area contributed by atoms with E-state index in [2.05, 4.69) is 31.6 Å². The van der Waals surface area contributed by atoms with Crippen molar-refractivity contribution >= 4 is 58.5 Å². The second-order valence-corrected chi connectivity index (χ2v) is 14.5. The number of thiazole rings is 1. The van der Waals surface area contributed by atoms with Gasteiger partial charge in [-0.05, 0) is 49.7 Å². The third kappa shape index (κ3) is 12.1. The normalized spacial score (nSPS) is 23.2. The van der Waals surface area contributed by atoms with Crippen LogP contribution >= 0.6 is 23.1 Å². The molecule has 0 unspecified atom stereocenters. The number of fused-ring (bicyclic) bond motifs is 2. The van der Waals surface area contributed by atoms with E-state index >= 15 is 0 Å². The van der Waals surface area contributed by atoms with Crippen LogP contribution in [0.1, 0.15) is 74.1 Å². The molecular weight excluding hydrogens is 681 g/mol. The lowest BCUT2D eigenvalue weighted by atomic mass is 10.0. The van der Waals surface area contributed by atoms with Crippen LogP contribution in [0.2, 0.25) is 0 Å². The fourth-order valence-corrected chi connectivity index (χ4v) is 6.86. The maximum atomic E-state index is 13.9. The first-order valence-electron chi connectivity index (χ1n) is 16.8. The molecule has 0 saturated heterocycles. The van der Waals surface area contributed by atoms with Gasteiger partial charge in [-0.15, -0.1) is 11.3 Å². The first-order valence-corrected chi connectivity index (χ1v) is 19.1. The van der Waals surface area contributed by atoms with Crippen molar-refractivity contribution < 1.29 is 28.8 Å². The molecule has 7 N–H and O–H groups in total. The minimum atomic E-state index is -1.00. The zero-order chi connectivity index (χ0) is 36.8. The predicted octanol–water partition coefficient (Wildman–Crippen LogP) is 1.13. The molecule has 2 bridgehead atoms. The molecule has 5 atom stereocenters. The van der Waals surface area contributed by atoms with Crippen molar-refractivity contribution in [2.24, 2.45) is 11.7 Å². The Morgan fingerprint density at radius 3 is 2.32 bits per heavy atom. The molecule has 1 aromatic carbocycles. The molecular formula is C34H50N8O6S2. The van der Waals surface area contributed by atoms with E-state index in [-0.39, 0.29) is 50.0 Å². The van der Waals surface area contributed by atoms with Crippen molar-refractivity contribution in [2.45, 2.75) is 83.6 Å². The molecule has 50 heavy (non-hydrogen) atoms. The van der Waals surface area contributed by atoms with E-state index < -0.39 is 59.7 Å². The van der Waals surface area contributed by atoms with Gasteiger partial charge in [-0.2, -0.15) is 11.8 Å². The van der Waals surface area contributed by atoms with Gasteiger partial charge in [0.05, 0.1) is 18.6 Å². The topological polar surface area (TPSA) is 205 Å². The fraction of sp³-hybridized carbons (Fsp3) is 0.559. The van der Waals surface area contributed by atoms with Crippen LogP contribution in [0.5, 0.6) is 0 Å². The molecule has 1 aliphatic rings. The minimum Gasteiger partial charge on any atom is -0.349 e. The van der Waals surface area contributed by atoms with Gasteiger partial charge in [0.1, 0.15) is 28.8 Å². The summed E-state index contributed by atoms with van der Waals surface area (Å²) in [6.07, 6.45) is 2.76. The summed E-state index contributed by atoms with van der Waals surface area (Å²) in [6, 6.07) is 5.29. The van der Waals surface area contributed by atoms with Crippen LogP contribution < -0.4 is 32.3 Å². The summed E-state index contributed by atoms with van der Waals surface area (Å²) in [5.41, 5.74) is 6.71. The van der Waals surface area contributed by atoms with Gasteiger partial charge in [0, 0.05) is 24.9 Å². The molecule has 3 rings (SSSR count). The standard InChI is InChI=1S/C34H50N8O6S2/c1-6-24-31(46)39-25(13-15-49-5)32(47)37-23(16-22-10-8-7-9-11-22)17-42(28(44)12-14-35)18-27(43)41-29(20(2)3)34-40-26(19-50-34)33(48)36-21(4)30(45)38-24/h7-11,19-21,23-25,29H,6,12-18,35H2,1-5H3,(H,36,48)(H,37,47)(H,38,45)(H,39,46)(H,41,43)/t21-,23+,24+,25+,29+/m1/s1. The SMILES string of the molecule is CC[C@@H]1NC(=O)[C@@H](C)NC(=O)c2csc(n2)[C@H](C(C)C)NC(=O)CN(C(=O)CCN)C[C@H](Cc2ccccc2)NC(=O)[C@H](CCSC)NC1=O. The zero-order valence-electron chi connectivity index (χ0n) is 29.3. The Kier molecular flexibility index (Phi) is 16.2. The Morgan fingerprint density at radius 2 is 1.68 bits per heavy atom. The van der Waals surface area contributed by atoms with Crippen LogP contribution in [-0.4, -0.2) is 101 Å². The number of carbonyl (C=O) groups excluding carboxylic acids is 6. The molecule has 0 fully saturated rings. The van der Waals surface area contributed by atoms with Crippen LogP contribution in [0.15, 0.2) is 35.7 Å². The monoisotopic (exact) mass is 730 g/mol. The van der Waals surface area contributed by atoms with Gasteiger partial charge >= 0.3 is 0 Å². The average Bonchev–Trinajstić information content (AvgIpc) is 3.57. The molecule has 16 heteroatoms. The van der Waals surface area contributed by atoms with Crippen LogP contribution in [0.4, 0.5) is 0 Å². The zero-order valence-corrected chi connectivity index (χ0v) is 31.0. The smallest absolute Gasteiger partial charge is 0.271 e. The quantitative estimate of drug-likeness (QED) is 0.219. The Balaban J connectivity index is 2.05. The number of benzene rings is 1. The predicted molar refractivity (Wildman–Crippen MR) is 194 cm³/mol. The van der Waals surface area contributed by atoms with Crippen molar-refractivity contribution in [2.75, 3.05) is 31.6 Å². The Labute approximate surface area is 301 Å². The summed E-state index contributed by atoms with van der Waals surface area (Å²) >= 11 is 2.70. The van der Waals surface area contributed by atoms with E-state index in [0.717, 1.165) is 5.56 Å². The fourth-order valence-electron chi connectivity index (χ4n) is 5.37. The number of amides is 6. The minimum absolute atomic E-state index is 0.00444. The van der Waals surface area contributed by atoms with Crippen LogP contribution in [0, 0.1) is 5.92 Å². The number of thioether (sulfide) groups is 1. The highest BCUT2D eigenvalue weighted by molar-refractivity contribution is 7.98. The van der Waals surface area contributed by atoms with Crippen molar-refractivity contribution in [3.8, 4) is 0 Å². The maximum Gasteiger partial charge on any atom is 0.271 e. The van der Waals surface area contributed by atoms with Crippen LogP contribution in [-0.2, 0) is 30.4 Å². The first-order chi connectivity index (χ1) is 23.9. The van der Waals surface area contributed by atoms with E-state index in [1.165, 1.54) is 34.9 Å². The van der Waals surface area contributed by atoms with Crippen LogP contribution in [0.25, 0.3) is 0 Å². The molecule has 1 aromatic heterocycles. The highest BCUT2D eigenvalue weighted by Gasteiger charge is 2.31.